The van der Waals surface area contributed by atoms with Crippen LogP contribution in [0.5, 0.6) is 0 Å². The van der Waals surface area contributed by atoms with Gasteiger partial charge in [0.1, 0.15) is 18.0 Å². The van der Waals surface area contributed by atoms with Crippen molar-refractivity contribution in [2.24, 2.45) is 5.73 Å². The number of nitrogens with two attached hydrogens (primary N) is 1. The second-order valence-corrected chi connectivity index (χ2v) is 5.00. The number of rotatable bonds is 3. The van der Waals surface area contributed by atoms with E-state index >= 15 is 0 Å². The summed E-state index contributed by atoms with van der Waals surface area (Å²) < 4.78 is 0. The highest BCUT2D eigenvalue weighted by Crippen LogP contribution is 2.31. The zero-order chi connectivity index (χ0) is 14.1. The monoisotopic (exact) mass is 267 g/mol. The van der Waals surface area contributed by atoms with E-state index in [4.69, 9.17) is 11.1 Å². The van der Waals surface area contributed by atoms with E-state index in [0.29, 0.717) is 0 Å². The van der Waals surface area contributed by atoms with Crippen LogP contribution in [-0.4, -0.2) is 22.9 Å². The third-order valence-electron chi connectivity index (χ3n) is 3.71. The maximum atomic E-state index is 7.53. The first-order chi connectivity index (χ1) is 9.66. The second-order valence-electron chi connectivity index (χ2n) is 5.00. The molecule has 1 heterocycles. The van der Waals surface area contributed by atoms with Crippen molar-refractivity contribution in [3.8, 4) is 0 Å². The number of aryl methyl sites for hydroxylation is 1. The average molecular weight is 267 g/mol. The Morgan fingerprint density at radius 2 is 2.15 bits per heavy atom. The molecule has 0 fully saturated rings. The molecule has 1 aliphatic rings. The lowest BCUT2D eigenvalue weighted by Gasteiger charge is -2.21. The van der Waals surface area contributed by atoms with E-state index in [1.54, 1.807) is 6.33 Å². The summed E-state index contributed by atoms with van der Waals surface area (Å²) in [7, 11) is 1.99. The summed E-state index contributed by atoms with van der Waals surface area (Å²) in [5, 5.41) is 7.53. The molecule has 2 aromatic rings. The number of hydrogen-bond donors (Lipinski definition) is 2. The number of amidine groups is 1. The van der Waals surface area contributed by atoms with Gasteiger partial charge in [-0.3, -0.25) is 5.41 Å². The highest BCUT2D eigenvalue weighted by atomic mass is 15.2. The first-order valence-corrected chi connectivity index (χ1v) is 6.68. The van der Waals surface area contributed by atoms with Gasteiger partial charge in [-0.05, 0) is 31.4 Å². The van der Waals surface area contributed by atoms with Crippen molar-refractivity contribution in [3.05, 3.63) is 47.4 Å². The Bertz CT molecular complexity index is 665. The minimum Gasteiger partial charge on any atom is -0.384 e. The summed E-state index contributed by atoms with van der Waals surface area (Å²) in [5.41, 5.74) is 9.65. The van der Waals surface area contributed by atoms with E-state index in [9.17, 15) is 0 Å². The fraction of sp³-hybridized carbons (Fsp3) is 0.267. The van der Waals surface area contributed by atoms with E-state index in [2.05, 4.69) is 9.97 Å². The molecule has 3 rings (SSSR count). The Labute approximate surface area is 118 Å². The molecular formula is C15H17N5. The van der Waals surface area contributed by atoms with Gasteiger partial charge < -0.3 is 10.6 Å². The highest BCUT2D eigenvalue weighted by molar-refractivity contribution is 5.96. The largest absolute Gasteiger partial charge is 0.384 e. The van der Waals surface area contributed by atoms with Crippen LogP contribution < -0.4 is 10.6 Å². The molecule has 1 aliphatic carbocycles. The number of hydrogen-bond acceptors (Lipinski definition) is 4. The van der Waals surface area contributed by atoms with Gasteiger partial charge in [0, 0.05) is 29.6 Å². The first kappa shape index (κ1) is 12.6. The van der Waals surface area contributed by atoms with Crippen molar-refractivity contribution in [2.45, 2.75) is 19.3 Å². The fourth-order valence-corrected chi connectivity index (χ4v) is 2.64. The highest BCUT2D eigenvalue weighted by Gasteiger charge is 2.20. The molecule has 0 unspecified atom stereocenters. The number of nitrogens with one attached hydrogen (secondary N) is 1. The fourth-order valence-electron chi connectivity index (χ4n) is 2.64. The van der Waals surface area contributed by atoms with Gasteiger partial charge in [-0.1, -0.05) is 12.1 Å². The summed E-state index contributed by atoms with van der Waals surface area (Å²) in [4.78, 5) is 10.8. The van der Waals surface area contributed by atoms with E-state index < -0.39 is 0 Å². The Morgan fingerprint density at radius 3 is 2.95 bits per heavy atom. The Hall–Kier alpha value is -2.43. The van der Waals surface area contributed by atoms with Crippen LogP contribution in [0.15, 0.2) is 30.6 Å². The minimum atomic E-state index is 0.0770. The van der Waals surface area contributed by atoms with Crippen LogP contribution in [0.25, 0.3) is 0 Å². The quantitative estimate of drug-likeness (QED) is 0.658. The van der Waals surface area contributed by atoms with Crippen LogP contribution in [0.4, 0.5) is 11.5 Å². The Morgan fingerprint density at radius 1 is 1.30 bits per heavy atom. The SMILES string of the molecule is CN(c1cccc(C(=N)N)c1)c1ncnc2c1CCC2. The zero-order valence-electron chi connectivity index (χ0n) is 11.4. The summed E-state index contributed by atoms with van der Waals surface area (Å²) in [6.07, 6.45) is 4.83. The van der Waals surface area contributed by atoms with Crippen LogP contribution in [0.2, 0.25) is 0 Å². The summed E-state index contributed by atoms with van der Waals surface area (Å²) >= 11 is 0. The predicted octanol–water partition coefficient (Wildman–Crippen LogP) is 2.02. The molecule has 5 heteroatoms. The molecule has 1 aromatic heterocycles. The summed E-state index contributed by atoms with van der Waals surface area (Å²) in [6.45, 7) is 0. The van der Waals surface area contributed by atoms with E-state index in [1.807, 2.05) is 36.2 Å². The van der Waals surface area contributed by atoms with Crippen molar-refractivity contribution in [1.82, 2.24) is 9.97 Å². The molecule has 1 aromatic carbocycles. The van der Waals surface area contributed by atoms with Crippen LogP contribution in [-0.2, 0) is 12.8 Å². The van der Waals surface area contributed by atoms with Gasteiger partial charge in [-0.25, -0.2) is 9.97 Å². The molecule has 0 atom stereocenters. The third kappa shape index (κ3) is 2.11. The summed E-state index contributed by atoms with van der Waals surface area (Å²) in [5.74, 6) is 1.03. The lowest BCUT2D eigenvalue weighted by Crippen LogP contribution is -2.16. The molecule has 20 heavy (non-hydrogen) atoms. The molecule has 0 spiro atoms. The van der Waals surface area contributed by atoms with Crippen molar-refractivity contribution < 1.29 is 0 Å². The normalized spacial score (nSPS) is 13.1. The maximum absolute atomic E-state index is 7.53. The van der Waals surface area contributed by atoms with Crippen LogP contribution in [0.3, 0.4) is 0 Å². The number of aromatic nitrogens is 2. The van der Waals surface area contributed by atoms with Crippen LogP contribution >= 0.6 is 0 Å². The van der Waals surface area contributed by atoms with Gasteiger partial charge in [0.15, 0.2) is 0 Å². The van der Waals surface area contributed by atoms with E-state index in [0.717, 1.165) is 42.0 Å². The molecule has 0 bridgehead atoms. The molecule has 0 saturated carbocycles. The van der Waals surface area contributed by atoms with Gasteiger partial charge >= 0.3 is 0 Å². The maximum Gasteiger partial charge on any atom is 0.139 e. The lowest BCUT2D eigenvalue weighted by molar-refractivity contribution is 0.899. The second kappa shape index (κ2) is 4.92. The van der Waals surface area contributed by atoms with Crippen molar-refractivity contribution in [2.75, 3.05) is 11.9 Å². The predicted molar refractivity (Wildman–Crippen MR) is 79.6 cm³/mol. The molecular weight excluding hydrogens is 250 g/mol. The van der Waals surface area contributed by atoms with Gasteiger partial charge in [-0.15, -0.1) is 0 Å². The lowest BCUT2D eigenvalue weighted by atomic mass is 10.1. The van der Waals surface area contributed by atoms with Crippen LogP contribution in [0, 0.1) is 5.41 Å². The van der Waals surface area contributed by atoms with Gasteiger partial charge in [0.25, 0.3) is 0 Å². The van der Waals surface area contributed by atoms with Crippen molar-refractivity contribution in [1.29, 1.82) is 5.41 Å². The average Bonchev–Trinajstić information content (AvgIpc) is 2.95. The third-order valence-corrected chi connectivity index (χ3v) is 3.71. The number of nitrogen functional groups attached to an aromatic ring is 1. The summed E-state index contributed by atoms with van der Waals surface area (Å²) in [6, 6.07) is 7.65. The zero-order valence-corrected chi connectivity index (χ0v) is 11.4. The number of nitrogens with zero attached hydrogens (tertiary/aromatic N) is 3. The standard InChI is InChI=1S/C15H17N5/c1-20(11-5-2-4-10(8-11)14(16)17)15-12-6-3-7-13(12)18-9-19-15/h2,4-5,8-9H,3,6-7H2,1H3,(H3,16,17). The number of anilines is 2. The smallest absolute Gasteiger partial charge is 0.139 e. The molecule has 0 aliphatic heterocycles. The first-order valence-electron chi connectivity index (χ1n) is 6.68. The number of fused-ring (bicyclic) bond motifs is 1. The number of benzene rings is 1. The minimum absolute atomic E-state index is 0.0770. The molecule has 0 radical (unpaired) electrons. The molecule has 102 valence electrons. The Balaban J connectivity index is 2.01. The van der Waals surface area contributed by atoms with Gasteiger partial charge in [0.05, 0.1) is 0 Å². The Kier molecular flexibility index (Phi) is 3.10. The molecule has 3 N–H and O–H groups in total. The topological polar surface area (TPSA) is 78.9 Å². The van der Waals surface area contributed by atoms with Gasteiger partial charge in [-0.2, -0.15) is 0 Å². The van der Waals surface area contributed by atoms with Crippen molar-refractivity contribution >= 4 is 17.3 Å². The molecule has 0 saturated heterocycles. The van der Waals surface area contributed by atoms with E-state index in [-0.39, 0.29) is 5.84 Å². The van der Waals surface area contributed by atoms with Crippen molar-refractivity contribution in [3.63, 3.8) is 0 Å². The van der Waals surface area contributed by atoms with Crippen LogP contribution in [0.1, 0.15) is 23.2 Å². The van der Waals surface area contributed by atoms with Gasteiger partial charge in [0.2, 0.25) is 0 Å². The molecule has 0 amide bonds. The molecule has 5 nitrogen and oxygen atoms in total. The van der Waals surface area contributed by atoms with E-state index in [1.165, 1.54) is 5.56 Å².